The Morgan fingerprint density at radius 2 is 1.26 bits per heavy atom. The number of nitrogens with zero attached hydrogens (tertiary/aromatic N) is 1. The second-order valence-corrected chi connectivity index (χ2v) is 13.4. The zero-order chi connectivity index (χ0) is 30.0. The van der Waals surface area contributed by atoms with E-state index in [9.17, 15) is 4.79 Å². The lowest BCUT2D eigenvalue weighted by molar-refractivity contribution is -0.143. The second kappa shape index (κ2) is 14.9. The Hall–Kier alpha value is -3.75. The molecule has 0 fully saturated rings. The summed E-state index contributed by atoms with van der Waals surface area (Å²) in [6.07, 6.45) is 1.56. The monoisotopic (exact) mass is 583 g/mol. The van der Waals surface area contributed by atoms with Gasteiger partial charge in [0.15, 0.2) is 0 Å². The summed E-state index contributed by atoms with van der Waals surface area (Å²) < 4.78 is 21.7. The first kappa shape index (κ1) is 31.2. The van der Waals surface area contributed by atoms with Crippen LogP contribution < -0.4 is 4.90 Å². The Bertz CT molecular complexity index is 1410. The van der Waals surface area contributed by atoms with Gasteiger partial charge in [-0.15, -0.1) is 0 Å². The van der Waals surface area contributed by atoms with Gasteiger partial charge in [-0.25, -0.2) is 0 Å². The summed E-state index contributed by atoms with van der Waals surface area (Å²) in [4.78, 5) is 14.6. The highest BCUT2D eigenvalue weighted by molar-refractivity contribution is 6.60. The molecule has 0 saturated carbocycles. The van der Waals surface area contributed by atoms with E-state index in [1.807, 2.05) is 6.07 Å². The maximum Gasteiger partial charge on any atom is 0.500 e. The van der Waals surface area contributed by atoms with E-state index in [4.69, 9.17) is 18.0 Å². The molecule has 7 heteroatoms. The highest BCUT2D eigenvalue weighted by atomic mass is 28.4. The van der Waals surface area contributed by atoms with Crippen LogP contribution in [0.15, 0.2) is 97.1 Å². The van der Waals surface area contributed by atoms with Crippen LogP contribution in [0.2, 0.25) is 6.04 Å². The molecular formula is C35H41NO5Si. The molecule has 0 N–H and O–H groups in total. The molecule has 6 nitrogen and oxygen atoms in total. The number of benzene rings is 4. The molecule has 0 radical (unpaired) electrons. The van der Waals surface area contributed by atoms with E-state index in [1.54, 1.807) is 21.3 Å². The molecule has 0 aliphatic heterocycles. The topological polar surface area (TPSA) is 57.2 Å². The molecule has 0 heterocycles. The number of carbonyl (C=O) groups is 1. The van der Waals surface area contributed by atoms with E-state index in [0.29, 0.717) is 31.9 Å². The van der Waals surface area contributed by atoms with E-state index < -0.39 is 8.80 Å². The lowest BCUT2D eigenvalue weighted by Gasteiger charge is -2.26. The lowest BCUT2D eigenvalue weighted by atomic mass is 10.0. The van der Waals surface area contributed by atoms with Crippen LogP contribution in [0.4, 0.5) is 17.1 Å². The number of aryl methyl sites for hydroxylation is 3. The molecule has 0 unspecified atom stereocenters. The van der Waals surface area contributed by atoms with Gasteiger partial charge in [0.25, 0.3) is 0 Å². The predicted molar refractivity (Wildman–Crippen MR) is 172 cm³/mol. The van der Waals surface area contributed by atoms with Crippen LogP contribution in [0.3, 0.4) is 0 Å². The first-order chi connectivity index (χ1) is 20.4. The number of carbonyl (C=O) groups excluding carboxylic acids is 1. The molecule has 0 saturated heterocycles. The van der Waals surface area contributed by atoms with Gasteiger partial charge in [-0.2, -0.15) is 0 Å². The molecule has 4 aromatic rings. The van der Waals surface area contributed by atoms with Crippen molar-refractivity contribution in [2.75, 3.05) is 32.8 Å². The number of anilines is 3. The maximum atomic E-state index is 12.4. The van der Waals surface area contributed by atoms with Crippen LogP contribution in [0.25, 0.3) is 11.1 Å². The molecule has 0 bridgehead atoms. The standard InChI is InChI=1S/C35H41NO5Si/c1-27-12-18-34(26-28(27)2)36(33-21-16-31(17-22-33)30-10-7-6-8-11-30)32-19-13-29(14-20-32)15-23-35(37)41-24-9-25-42(38-3,39-4)40-5/h6-8,10-14,16-22,26H,9,15,23-25H2,1-5H3. The van der Waals surface area contributed by atoms with Crippen LogP contribution in [0.1, 0.15) is 29.5 Å². The van der Waals surface area contributed by atoms with Gasteiger partial charge in [-0.05, 0) is 90.9 Å². The molecule has 4 aromatic carbocycles. The molecule has 0 aromatic heterocycles. The average molecular weight is 584 g/mol. The van der Waals surface area contributed by atoms with Crippen molar-refractivity contribution >= 4 is 31.8 Å². The summed E-state index contributed by atoms with van der Waals surface area (Å²) in [5.41, 5.74) is 9.20. The maximum absolute atomic E-state index is 12.4. The van der Waals surface area contributed by atoms with Crippen molar-refractivity contribution < 1.29 is 22.8 Å². The smallest absolute Gasteiger partial charge is 0.466 e. The largest absolute Gasteiger partial charge is 0.500 e. The van der Waals surface area contributed by atoms with Gasteiger partial charge in [0.05, 0.1) is 6.61 Å². The van der Waals surface area contributed by atoms with E-state index in [1.165, 1.54) is 22.3 Å². The van der Waals surface area contributed by atoms with Gasteiger partial charge in [0, 0.05) is 50.9 Å². The van der Waals surface area contributed by atoms with Gasteiger partial charge in [0.2, 0.25) is 0 Å². The van der Waals surface area contributed by atoms with Crippen LogP contribution in [0.5, 0.6) is 0 Å². The third-order valence-corrected chi connectivity index (χ3v) is 10.4. The fourth-order valence-corrected chi connectivity index (χ4v) is 6.60. The van der Waals surface area contributed by atoms with E-state index >= 15 is 0 Å². The third-order valence-electron chi connectivity index (χ3n) is 7.62. The minimum Gasteiger partial charge on any atom is -0.466 e. The van der Waals surface area contributed by atoms with E-state index in [2.05, 4.69) is 110 Å². The van der Waals surface area contributed by atoms with Crippen molar-refractivity contribution in [2.45, 2.75) is 39.2 Å². The Morgan fingerprint density at radius 1 is 0.690 bits per heavy atom. The first-order valence-electron chi connectivity index (χ1n) is 14.3. The summed E-state index contributed by atoms with van der Waals surface area (Å²) in [6.45, 7) is 4.59. The zero-order valence-electron chi connectivity index (χ0n) is 25.3. The second-order valence-electron chi connectivity index (χ2n) is 10.3. The Balaban J connectivity index is 1.43. The van der Waals surface area contributed by atoms with Crippen molar-refractivity contribution in [3.63, 3.8) is 0 Å². The number of hydrogen-bond donors (Lipinski definition) is 0. The Kier molecular flexibility index (Phi) is 11.1. The Morgan fingerprint density at radius 3 is 1.86 bits per heavy atom. The average Bonchev–Trinajstić information content (AvgIpc) is 3.04. The number of rotatable bonds is 14. The minimum atomic E-state index is -2.64. The quantitative estimate of drug-likeness (QED) is 0.0848. The summed E-state index contributed by atoms with van der Waals surface area (Å²) in [7, 11) is 2.10. The third kappa shape index (κ3) is 7.95. The molecule has 220 valence electrons. The normalized spacial score (nSPS) is 11.4. The fourth-order valence-electron chi connectivity index (χ4n) is 4.91. The van der Waals surface area contributed by atoms with Crippen LogP contribution in [-0.4, -0.2) is 42.7 Å². The first-order valence-corrected chi connectivity index (χ1v) is 16.2. The SMILES string of the molecule is CO[Si](CCCOC(=O)CCc1ccc(N(c2ccc(-c3ccccc3)cc2)c2ccc(C)c(C)c2)cc1)(OC)OC. The molecule has 0 spiro atoms. The number of hydrogen-bond acceptors (Lipinski definition) is 6. The molecule has 4 rings (SSSR count). The molecule has 0 aliphatic carbocycles. The number of ether oxygens (including phenoxy) is 1. The molecule has 42 heavy (non-hydrogen) atoms. The molecular weight excluding hydrogens is 542 g/mol. The lowest BCUT2D eigenvalue weighted by Crippen LogP contribution is -2.42. The van der Waals surface area contributed by atoms with Gasteiger partial charge >= 0.3 is 14.8 Å². The summed E-state index contributed by atoms with van der Waals surface area (Å²) in [5, 5.41) is 0. The summed E-state index contributed by atoms with van der Waals surface area (Å²) in [5.74, 6) is -0.214. The van der Waals surface area contributed by atoms with Crippen LogP contribution >= 0.6 is 0 Å². The van der Waals surface area contributed by atoms with Gasteiger partial charge in [-0.1, -0.05) is 60.7 Å². The van der Waals surface area contributed by atoms with Gasteiger partial charge in [0.1, 0.15) is 0 Å². The zero-order valence-corrected chi connectivity index (χ0v) is 26.3. The van der Waals surface area contributed by atoms with E-state index in [-0.39, 0.29) is 5.97 Å². The summed E-state index contributed by atoms with van der Waals surface area (Å²) in [6, 6.07) is 34.6. The van der Waals surface area contributed by atoms with Crippen molar-refractivity contribution in [1.29, 1.82) is 0 Å². The highest BCUT2D eigenvalue weighted by Crippen LogP contribution is 2.36. The fraction of sp³-hybridized carbons (Fsp3) is 0.286. The molecule has 0 amide bonds. The molecule has 0 aliphatic rings. The van der Waals surface area contributed by atoms with Crippen molar-refractivity contribution in [1.82, 2.24) is 0 Å². The van der Waals surface area contributed by atoms with Crippen molar-refractivity contribution in [2.24, 2.45) is 0 Å². The van der Waals surface area contributed by atoms with Gasteiger partial charge in [-0.3, -0.25) is 4.79 Å². The Labute approximate surface area is 251 Å². The van der Waals surface area contributed by atoms with Gasteiger partial charge < -0.3 is 22.9 Å². The van der Waals surface area contributed by atoms with Crippen LogP contribution in [0, 0.1) is 13.8 Å². The predicted octanol–water partition coefficient (Wildman–Crippen LogP) is 8.18. The number of esters is 1. The summed E-state index contributed by atoms with van der Waals surface area (Å²) >= 11 is 0. The minimum absolute atomic E-state index is 0.214. The molecule has 0 atom stereocenters. The van der Waals surface area contributed by atoms with Crippen LogP contribution in [-0.2, 0) is 29.2 Å². The van der Waals surface area contributed by atoms with E-state index in [0.717, 1.165) is 22.6 Å². The highest BCUT2D eigenvalue weighted by Gasteiger charge is 2.37. The van der Waals surface area contributed by atoms with Crippen molar-refractivity contribution in [3.8, 4) is 11.1 Å². The van der Waals surface area contributed by atoms with Crippen molar-refractivity contribution in [3.05, 3.63) is 114 Å².